The van der Waals surface area contributed by atoms with Gasteiger partial charge in [-0.3, -0.25) is 19.3 Å². The number of hydrogen-bond donors (Lipinski definition) is 1. The summed E-state index contributed by atoms with van der Waals surface area (Å²) in [5, 5.41) is 2.50. The highest BCUT2D eigenvalue weighted by molar-refractivity contribution is 8.14. The Hall–Kier alpha value is -2.36. The second-order valence-electron chi connectivity index (χ2n) is 6.10. The van der Waals surface area contributed by atoms with Crippen LogP contribution in [0.5, 0.6) is 0 Å². The van der Waals surface area contributed by atoms with Crippen molar-refractivity contribution in [2.75, 3.05) is 17.3 Å². The highest BCUT2D eigenvalue weighted by Crippen LogP contribution is 2.24. The van der Waals surface area contributed by atoms with E-state index < -0.39 is 15.7 Å². The normalized spacial score (nSPS) is 14.4. The van der Waals surface area contributed by atoms with Gasteiger partial charge in [-0.1, -0.05) is 35.5 Å². The van der Waals surface area contributed by atoms with Crippen LogP contribution in [0.2, 0.25) is 5.02 Å². The minimum absolute atomic E-state index is 0.00443. The fourth-order valence-corrected chi connectivity index (χ4v) is 4.09. The zero-order valence-electron chi connectivity index (χ0n) is 14.6. The van der Waals surface area contributed by atoms with Gasteiger partial charge >= 0.3 is 0 Å². The number of thioether (sulfide) groups is 1. The first-order valence-corrected chi connectivity index (χ1v) is 11.3. The van der Waals surface area contributed by atoms with Crippen molar-refractivity contribution in [3.05, 3.63) is 58.6 Å². The monoisotopic (exact) mass is 438 g/mol. The van der Waals surface area contributed by atoms with Crippen LogP contribution in [0.15, 0.2) is 47.4 Å². The van der Waals surface area contributed by atoms with E-state index in [-0.39, 0.29) is 38.9 Å². The molecule has 3 rings (SSSR count). The Labute approximate surface area is 171 Å². The second-order valence-corrected chi connectivity index (χ2v) is 9.45. The van der Waals surface area contributed by atoms with Crippen LogP contribution in [0.25, 0.3) is 0 Å². The minimum Gasteiger partial charge on any atom is -0.322 e. The van der Waals surface area contributed by atoms with Crippen molar-refractivity contribution in [2.24, 2.45) is 0 Å². The van der Waals surface area contributed by atoms with Crippen LogP contribution in [-0.4, -0.2) is 42.4 Å². The van der Waals surface area contributed by atoms with Gasteiger partial charge in [0.05, 0.1) is 27.8 Å². The van der Waals surface area contributed by atoms with Crippen molar-refractivity contribution in [3.63, 3.8) is 0 Å². The van der Waals surface area contributed by atoms with Gasteiger partial charge in [0.25, 0.3) is 11.1 Å². The molecule has 0 saturated carbocycles. The van der Waals surface area contributed by atoms with Gasteiger partial charge in [0.1, 0.15) is 0 Å². The van der Waals surface area contributed by atoms with E-state index in [1.807, 2.05) is 0 Å². The maximum atomic E-state index is 12.5. The molecule has 2 aromatic rings. The zero-order valence-corrected chi connectivity index (χ0v) is 17.0. The number of nitrogens with zero attached hydrogens (tertiary/aromatic N) is 1. The summed E-state index contributed by atoms with van der Waals surface area (Å²) < 4.78 is 23.3. The molecule has 0 bridgehead atoms. The molecular formula is C18H15ClN2O5S2. The average Bonchev–Trinajstić information content (AvgIpc) is 2.94. The molecule has 146 valence electrons. The molecule has 0 aliphatic carbocycles. The minimum atomic E-state index is -3.47. The summed E-state index contributed by atoms with van der Waals surface area (Å²) in [6, 6.07) is 10.5. The van der Waals surface area contributed by atoms with Gasteiger partial charge < -0.3 is 5.32 Å². The lowest BCUT2D eigenvalue weighted by Gasteiger charge is -2.13. The molecule has 0 atom stereocenters. The maximum Gasteiger partial charge on any atom is 0.289 e. The Balaban J connectivity index is 1.73. The molecule has 28 heavy (non-hydrogen) atoms. The molecule has 0 aromatic heterocycles. The summed E-state index contributed by atoms with van der Waals surface area (Å²) in [5.41, 5.74) is 1.24. The van der Waals surface area contributed by atoms with Gasteiger partial charge in [0.15, 0.2) is 9.84 Å². The third kappa shape index (κ3) is 4.54. The average molecular weight is 439 g/mol. The molecule has 1 saturated heterocycles. The summed E-state index contributed by atoms with van der Waals surface area (Å²) in [5.74, 6) is -0.627. The topological polar surface area (TPSA) is 101 Å². The van der Waals surface area contributed by atoms with E-state index in [0.29, 0.717) is 5.69 Å². The molecule has 1 N–H and O–H groups in total. The van der Waals surface area contributed by atoms with Crippen LogP contribution < -0.4 is 5.32 Å². The largest absolute Gasteiger partial charge is 0.322 e. The lowest BCUT2D eigenvalue weighted by molar-refractivity contribution is -0.125. The van der Waals surface area contributed by atoms with Crippen molar-refractivity contribution in [1.82, 2.24) is 4.90 Å². The number of halogens is 1. The number of carbonyl (C=O) groups excluding carboxylic acids is 3. The number of hydrogen-bond acceptors (Lipinski definition) is 6. The third-order valence-corrected chi connectivity index (χ3v) is 6.30. The highest BCUT2D eigenvalue weighted by Gasteiger charge is 2.29. The standard InChI is InChI=1S/C18H15ClN2O5S2/c1-28(25,26)13-6-7-15(19)14(8-13)17(23)20-12-4-2-11(3-5-12)9-21-16(22)10-27-18(21)24/h2-8H,9-10H2,1H3,(H,20,23). The van der Waals surface area contributed by atoms with Crippen molar-refractivity contribution >= 4 is 55.9 Å². The molecule has 1 heterocycles. The molecule has 0 unspecified atom stereocenters. The van der Waals surface area contributed by atoms with Gasteiger partial charge in [-0.2, -0.15) is 0 Å². The first-order chi connectivity index (χ1) is 13.1. The zero-order chi connectivity index (χ0) is 20.5. The molecule has 1 aliphatic rings. The molecule has 0 spiro atoms. The molecule has 2 aromatic carbocycles. The van der Waals surface area contributed by atoms with E-state index >= 15 is 0 Å². The molecule has 7 nitrogen and oxygen atoms in total. The van der Waals surface area contributed by atoms with Crippen LogP contribution in [-0.2, 0) is 21.2 Å². The number of benzene rings is 2. The summed E-state index contributed by atoms with van der Waals surface area (Å²) in [4.78, 5) is 36.9. The number of rotatable bonds is 5. The van der Waals surface area contributed by atoms with Crippen molar-refractivity contribution < 1.29 is 22.8 Å². The molecule has 0 radical (unpaired) electrons. The van der Waals surface area contributed by atoms with E-state index in [2.05, 4.69) is 5.32 Å². The van der Waals surface area contributed by atoms with Crippen molar-refractivity contribution in [1.29, 1.82) is 0 Å². The number of anilines is 1. The third-order valence-electron chi connectivity index (χ3n) is 4.00. The van der Waals surface area contributed by atoms with E-state index in [4.69, 9.17) is 11.6 Å². The fraction of sp³-hybridized carbons (Fsp3) is 0.167. The number of nitrogens with one attached hydrogen (secondary N) is 1. The summed E-state index contributed by atoms with van der Waals surface area (Å²) in [6.07, 6.45) is 1.05. The Bertz CT molecular complexity index is 1050. The van der Waals surface area contributed by atoms with Crippen LogP contribution in [0.4, 0.5) is 10.5 Å². The van der Waals surface area contributed by atoms with Crippen LogP contribution in [0.1, 0.15) is 15.9 Å². The number of imide groups is 1. The fourth-order valence-electron chi connectivity index (χ4n) is 2.52. The predicted molar refractivity (Wildman–Crippen MR) is 107 cm³/mol. The summed E-state index contributed by atoms with van der Waals surface area (Å²) >= 11 is 7.00. The van der Waals surface area contributed by atoms with E-state index in [1.54, 1.807) is 24.3 Å². The van der Waals surface area contributed by atoms with Gasteiger partial charge in [-0.05, 0) is 35.9 Å². The van der Waals surface area contributed by atoms with Gasteiger partial charge in [-0.25, -0.2) is 8.42 Å². The van der Waals surface area contributed by atoms with Crippen molar-refractivity contribution in [2.45, 2.75) is 11.4 Å². The quantitative estimate of drug-likeness (QED) is 0.769. The number of carbonyl (C=O) groups is 3. The Morgan fingerprint density at radius 1 is 1.18 bits per heavy atom. The molecule has 1 fully saturated rings. The van der Waals surface area contributed by atoms with E-state index in [0.717, 1.165) is 23.6 Å². The Kier molecular flexibility index (Phi) is 5.78. The van der Waals surface area contributed by atoms with Crippen LogP contribution in [0.3, 0.4) is 0 Å². The first-order valence-electron chi connectivity index (χ1n) is 8.02. The van der Waals surface area contributed by atoms with Crippen LogP contribution >= 0.6 is 23.4 Å². The molecule has 10 heteroatoms. The Morgan fingerprint density at radius 2 is 1.86 bits per heavy atom. The highest BCUT2D eigenvalue weighted by atomic mass is 35.5. The molecule has 3 amide bonds. The smallest absolute Gasteiger partial charge is 0.289 e. The second kappa shape index (κ2) is 7.94. The van der Waals surface area contributed by atoms with Gasteiger partial charge in [-0.15, -0.1) is 0 Å². The van der Waals surface area contributed by atoms with Crippen LogP contribution in [0, 0.1) is 0 Å². The molecular weight excluding hydrogens is 424 g/mol. The van der Waals surface area contributed by atoms with E-state index in [1.165, 1.54) is 23.1 Å². The number of sulfone groups is 1. The summed E-state index contributed by atoms with van der Waals surface area (Å²) in [6.45, 7) is 0.168. The van der Waals surface area contributed by atoms with Gasteiger partial charge in [0, 0.05) is 11.9 Å². The predicted octanol–water partition coefficient (Wildman–Crippen LogP) is 3.19. The SMILES string of the molecule is CS(=O)(=O)c1ccc(Cl)c(C(=O)Nc2ccc(CN3C(=O)CSC3=O)cc2)c1. The maximum absolute atomic E-state index is 12.5. The molecule has 1 aliphatic heterocycles. The van der Waals surface area contributed by atoms with Gasteiger partial charge in [0.2, 0.25) is 5.91 Å². The number of amides is 3. The Morgan fingerprint density at radius 3 is 2.43 bits per heavy atom. The summed E-state index contributed by atoms with van der Waals surface area (Å²) in [7, 11) is -3.47. The van der Waals surface area contributed by atoms with E-state index in [9.17, 15) is 22.8 Å². The van der Waals surface area contributed by atoms with Crippen molar-refractivity contribution in [3.8, 4) is 0 Å². The lowest BCUT2D eigenvalue weighted by atomic mass is 10.1. The first kappa shape index (κ1) is 20.4. The lowest BCUT2D eigenvalue weighted by Crippen LogP contribution is -2.27.